The topological polar surface area (TPSA) is 192 Å². The summed E-state index contributed by atoms with van der Waals surface area (Å²) >= 11 is 0. The molecule has 0 saturated carbocycles. The normalized spacial score (nSPS) is 48.3. The third-order valence-corrected chi connectivity index (χ3v) is 9.57. The quantitative estimate of drug-likeness (QED) is 0.217. The molecule has 47 heavy (non-hydrogen) atoms. The highest BCUT2D eigenvalue weighted by molar-refractivity contribution is 5.96. The third kappa shape index (κ3) is 9.45. The molecule has 14 heteroatoms. The number of hydrogen-bond acceptors (Lipinski definition) is 14. The SMILES string of the molecule is CO[C@@H]1[C@H](O)[C@@H](C)O[C@@H](OCC2[C@@H](C)OC(=O)/C=C/[C@H](C)[C@@H](O[C@@H]3O[C@H](C)C[C@H](O)[C@H]3O)CC[C@](C)(O)C(=O)/C=C/[C@@H]3O[C@@H]23)[C@@H]1OC. The summed E-state index contributed by atoms with van der Waals surface area (Å²) < 4.78 is 46.5. The molecule has 268 valence electrons. The molecule has 1 unspecified atom stereocenters. The maximum Gasteiger partial charge on any atom is 0.330 e. The minimum Gasteiger partial charge on any atom is -0.459 e. The fourth-order valence-corrected chi connectivity index (χ4v) is 6.32. The average Bonchev–Trinajstić information content (AvgIpc) is 3.78. The average molecular weight is 673 g/mol. The molecule has 0 aromatic carbocycles. The Kier molecular flexibility index (Phi) is 13.1. The van der Waals surface area contributed by atoms with Crippen molar-refractivity contribution in [1.29, 1.82) is 0 Å². The Balaban J connectivity index is 1.52. The standard InChI is InChI=1S/C33H52O14/c1-16-8-11-25(36)44-18(3)20(15-42-32-30(41-7)29(40-6)26(37)19(4)45-32)28-23(46-28)9-10-24(35)33(5,39)13-12-22(16)47-31-27(38)21(34)14-17(2)43-31/h8-11,16-23,26-32,34,37-39H,12-15H2,1-7H3/b10-9+,11-8+/t16-,17+,18+,19+,20?,21-,22-,23-,26+,27+,28-,29+,30+,31-,32+,33-/m0/s1. The Morgan fingerprint density at radius 1 is 0.894 bits per heavy atom. The van der Waals surface area contributed by atoms with Crippen molar-refractivity contribution in [2.75, 3.05) is 20.8 Å². The van der Waals surface area contributed by atoms with Gasteiger partial charge in [-0.15, -0.1) is 0 Å². The van der Waals surface area contributed by atoms with Crippen molar-refractivity contribution in [2.24, 2.45) is 11.8 Å². The molecule has 4 aliphatic rings. The molecule has 16 atom stereocenters. The van der Waals surface area contributed by atoms with Crippen LogP contribution in [0.1, 0.15) is 53.9 Å². The molecule has 0 aliphatic carbocycles. The van der Waals surface area contributed by atoms with E-state index in [9.17, 15) is 30.0 Å². The molecule has 3 saturated heterocycles. The molecular weight excluding hydrogens is 620 g/mol. The van der Waals surface area contributed by atoms with Crippen LogP contribution in [-0.4, -0.2) is 138 Å². The van der Waals surface area contributed by atoms with Gasteiger partial charge in [-0.3, -0.25) is 4.79 Å². The molecule has 0 radical (unpaired) electrons. The number of esters is 1. The Hall–Kier alpha value is -1.82. The number of cyclic esters (lactones) is 1. The van der Waals surface area contributed by atoms with Crippen LogP contribution in [0.15, 0.2) is 24.3 Å². The zero-order chi connectivity index (χ0) is 34.6. The number of epoxide rings is 1. The lowest BCUT2D eigenvalue weighted by Gasteiger charge is -2.42. The van der Waals surface area contributed by atoms with Crippen LogP contribution in [0.4, 0.5) is 0 Å². The van der Waals surface area contributed by atoms with E-state index in [0.29, 0.717) is 0 Å². The zero-order valence-electron chi connectivity index (χ0n) is 28.2. The highest BCUT2D eigenvalue weighted by Gasteiger charge is 2.49. The number of carbonyl (C=O) groups is 2. The van der Waals surface area contributed by atoms with E-state index in [1.807, 2.05) is 0 Å². The summed E-state index contributed by atoms with van der Waals surface area (Å²) in [6.07, 6.45) is -3.95. The number of methoxy groups -OCH3 is 2. The molecule has 0 amide bonds. The monoisotopic (exact) mass is 672 g/mol. The number of rotatable bonds is 7. The van der Waals surface area contributed by atoms with Crippen LogP contribution in [0, 0.1) is 11.8 Å². The van der Waals surface area contributed by atoms with Crippen LogP contribution in [0.3, 0.4) is 0 Å². The van der Waals surface area contributed by atoms with Crippen molar-refractivity contribution in [3.63, 3.8) is 0 Å². The molecular formula is C33H52O14. The maximum absolute atomic E-state index is 13.1. The van der Waals surface area contributed by atoms with Gasteiger partial charge in [-0.25, -0.2) is 4.79 Å². The molecule has 0 aromatic rings. The summed E-state index contributed by atoms with van der Waals surface area (Å²) in [7, 11) is 2.93. The number of ether oxygens (including phenoxy) is 8. The molecule has 0 spiro atoms. The Labute approximate surface area is 275 Å². The summed E-state index contributed by atoms with van der Waals surface area (Å²) in [5.74, 6) is -2.09. The van der Waals surface area contributed by atoms with Gasteiger partial charge < -0.3 is 58.3 Å². The number of ketones is 1. The fourth-order valence-electron chi connectivity index (χ4n) is 6.32. The van der Waals surface area contributed by atoms with Gasteiger partial charge in [0, 0.05) is 38.6 Å². The van der Waals surface area contributed by atoms with E-state index in [2.05, 4.69) is 0 Å². The van der Waals surface area contributed by atoms with E-state index in [1.165, 1.54) is 33.3 Å². The van der Waals surface area contributed by atoms with Gasteiger partial charge in [0.15, 0.2) is 18.4 Å². The van der Waals surface area contributed by atoms with Crippen LogP contribution in [0.2, 0.25) is 0 Å². The second-order valence-electron chi connectivity index (χ2n) is 13.3. The predicted octanol–water partition coefficient (Wildman–Crippen LogP) is 0.558. The van der Waals surface area contributed by atoms with Crippen LogP contribution < -0.4 is 0 Å². The number of carbonyl (C=O) groups excluding carboxylic acids is 2. The van der Waals surface area contributed by atoms with E-state index in [1.54, 1.807) is 39.8 Å². The molecule has 0 bridgehead atoms. The lowest BCUT2D eigenvalue weighted by atomic mass is 9.89. The highest BCUT2D eigenvalue weighted by atomic mass is 16.7. The minimum absolute atomic E-state index is 0.00445. The molecule has 4 aliphatic heterocycles. The lowest BCUT2D eigenvalue weighted by Crippen LogP contribution is -2.59. The molecule has 4 heterocycles. The van der Waals surface area contributed by atoms with Gasteiger partial charge in [0.2, 0.25) is 0 Å². The largest absolute Gasteiger partial charge is 0.459 e. The van der Waals surface area contributed by atoms with E-state index in [0.717, 1.165) is 0 Å². The van der Waals surface area contributed by atoms with Gasteiger partial charge in [-0.05, 0) is 52.7 Å². The summed E-state index contributed by atoms with van der Waals surface area (Å²) in [4.78, 5) is 26.1. The van der Waals surface area contributed by atoms with Gasteiger partial charge >= 0.3 is 5.97 Å². The second-order valence-corrected chi connectivity index (χ2v) is 13.3. The van der Waals surface area contributed by atoms with Gasteiger partial charge in [0.05, 0.1) is 37.1 Å². The third-order valence-electron chi connectivity index (χ3n) is 9.57. The van der Waals surface area contributed by atoms with Gasteiger partial charge in [0.25, 0.3) is 0 Å². The molecule has 0 aromatic heterocycles. The van der Waals surface area contributed by atoms with Crippen molar-refractivity contribution < 1.29 is 67.9 Å². The van der Waals surface area contributed by atoms with Crippen LogP contribution in [0.25, 0.3) is 0 Å². The van der Waals surface area contributed by atoms with E-state index < -0.39 is 103 Å². The van der Waals surface area contributed by atoms with Crippen LogP contribution in [-0.2, 0) is 47.5 Å². The Morgan fingerprint density at radius 3 is 2.28 bits per heavy atom. The molecule has 14 nitrogen and oxygen atoms in total. The molecule has 3 fully saturated rings. The first-order valence-corrected chi connectivity index (χ1v) is 16.3. The predicted molar refractivity (Wildman–Crippen MR) is 164 cm³/mol. The number of aliphatic hydroxyl groups is 4. The number of fused-ring (bicyclic) bond motifs is 1. The lowest BCUT2D eigenvalue weighted by molar-refractivity contribution is -0.305. The Bertz CT molecular complexity index is 1110. The van der Waals surface area contributed by atoms with Crippen LogP contribution >= 0.6 is 0 Å². The highest BCUT2D eigenvalue weighted by Crippen LogP contribution is 2.36. The van der Waals surface area contributed by atoms with Gasteiger partial charge in [-0.2, -0.15) is 0 Å². The van der Waals surface area contributed by atoms with E-state index in [-0.39, 0.29) is 32.0 Å². The Morgan fingerprint density at radius 2 is 1.60 bits per heavy atom. The minimum atomic E-state index is -1.75. The van der Waals surface area contributed by atoms with Gasteiger partial charge in [0.1, 0.15) is 42.2 Å². The number of hydrogen-bond donors (Lipinski definition) is 4. The van der Waals surface area contributed by atoms with Gasteiger partial charge in [-0.1, -0.05) is 13.0 Å². The van der Waals surface area contributed by atoms with Crippen LogP contribution in [0.5, 0.6) is 0 Å². The van der Waals surface area contributed by atoms with Crippen molar-refractivity contribution in [3.8, 4) is 0 Å². The number of aliphatic hydroxyl groups excluding tert-OH is 3. The summed E-state index contributed by atoms with van der Waals surface area (Å²) in [5.41, 5.74) is -1.75. The van der Waals surface area contributed by atoms with Crippen molar-refractivity contribution in [3.05, 3.63) is 24.3 Å². The van der Waals surface area contributed by atoms with E-state index in [4.69, 9.17) is 37.9 Å². The summed E-state index contributed by atoms with van der Waals surface area (Å²) in [6, 6.07) is 0. The first-order chi connectivity index (χ1) is 22.2. The van der Waals surface area contributed by atoms with E-state index >= 15 is 0 Å². The first kappa shape index (κ1) is 38.0. The maximum atomic E-state index is 13.1. The first-order valence-electron chi connectivity index (χ1n) is 16.3. The van der Waals surface area contributed by atoms with Crippen molar-refractivity contribution in [1.82, 2.24) is 0 Å². The molecule has 4 rings (SSSR count). The zero-order valence-corrected chi connectivity index (χ0v) is 28.2. The summed E-state index contributed by atoms with van der Waals surface area (Å²) in [5, 5.41) is 42.4. The molecule has 4 N–H and O–H groups in total. The fraction of sp³-hybridized carbons (Fsp3) is 0.818. The van der Waals surface area contributed by atoms with Crippen molar-refractivity contribution in [2.45, 2.75) is 139 Å². The smallest absolute Gasteiger partial charge is 0.330 e. The summed E-state index contributed by atoms with van der Waals surface area (Å²) in [6.45, 7) is 8.39. The second kappa shape index (κ2) is 16.3. The van der Waals surface area contributed by atoms with Crippen molar-refractivity contribution >= 4 is 11.8 Å².